The molecular weight excluding hydrogens is 164 g/mol. The summed E-state index contributed by atoms with van der Waals surface area (Å²) in [4.78, 5) is 10.7. The Balaban J connectivity index is 3.76. The molecule has 0 aliphatic heterocycles. The highest BCUT2D eigenvalue weighted by molar-refractivity contribution is 6.30. The molecule has 0 radical (unpaired) electrons. The highest BCUT2D eigenvalue weighted by Gasteiger charge is 1.97. The van der Waals surface area contributed by atoms with Crippen LogP contribution in [-0.4, -0.2) is 12.6 Å². The van der Waals surface area contributed by atoms with Crippen LogP contribution >= 0.6 is 11.6 Å². The van der Waals surface area contributed by atoms with Crippen LogP contribution in [0, 0.1) is 0 Å². The van der Waals surface area contributed by atoms with Gasteiger partial charge in [-0.25, -0.2) is 4.79 Å². The Morgan fingerprint density at radius 3 is 2.64 bits per heavy atom. The van der Waals surface area contributed by atoms with Gasteiger partial charge in [0.2, 0.25) is 0 Å². The molecule has 0 aliphatic rings. The van der Waals surface area contributed by atoms with Crippen molar-refractivity contribution in [2.45, 2.75) is 26.7 Å². The Morgan fingerprint density at radius 2 is 2.18 bits per heavy atom. The van der Waals surface area contributed by atoms with Crippen LogP contribution in [0.5, 0.6) is 0 Å². The molecule has 0 unspecified atom stereocenters. The highest BCUT2D eigenvalue weighted by atomic mass is 35.5. The van der Waals surface area contributed by atoms with E-state index in [1.165, 1.54) is 6.08 Å². The van der Waals surface area contributed by atoms with E-state index in [0.717, 1.165) is 12.8 Å². The van der Waals surface area contributed by atoms with Crippen LogP contribution in [0.25, 0.3) is 0 Å². The molecule has 11 heavy (non-hydrogen) atoms. The SMILES string of the molecule is CCCC(Cl)=CC(=O)OCC. The van der Waals surface area contributed by atoms with Crippen LogP contribution < -0.4 is 0 Å². The van der Waals surface area contributed by atoms with Crippen LogP contribution in [0.4, 0.5) is 0 Å². The molecule has 0 saturated carbocycles. The highest BCUT2D eigenvalue weighted by Crippen LogP contribution is 2.09. The summed E-state index contributed by atoms with van der Waals surface area (Å²) in [5.74, 6) is -0.356. The van der Waals surface area contributed by atoms with Gasteiger partial charge < -0.3 is 4.74 Å². The van der Waals surface area contributed by atoms with Crippen molar-refractivity contribution in [1.82, 2.24) is 0 Å². The molecule has 2 nitrogen and oxygen atoms in total. The van der Waals surface area contributed by atoms with E-state index in [1.807, 2.05) is 6.92 Å². The molecule has 0 aromatic carbocycles. The van der Waals surface area contributed by atoms with Crippen molar-refractivity contribution < 1.29 is 9.53 Å². The van der Waals surface area contributed by atoms with Crippen molar-refractivity contribution in [3.8, 4) is 0 Å². The molecule has 0 aromatic rings. The summed E-state index contributed by atoms with van der Waals surface area (Å²) in [6.07, 6.45) is 3.00. The Bertz CT molecular complexity index is 152. The quantitative estimate of drug-likeness (QED) is 0.486. The number of allylic oxidation sites excluding steroid dienone is 1. The van der Waals surface area contributed by atoms with E-state index in [1.54, 1.807) is 6.92 Å². The maximum absolute atomic E-state index is 10.7. The average molecular weight is 177 g/mol. The summed E-state index contributed by atoms with van der Waals surface area (Å²) in [5, 5.41) is 0.561. The first-order valence-corrected chi connectivity index (χ1v) is 4.11. The third kappa shape index (κ3) is 5.92. The van der Waals surface area contributed by atoms with Crippen LogP contribution in [0.3, 0.4) is 0 Å². The molecule has 0 saturated heterocycles. The van der Waals surface area contributed by atoms with Crippen LogP contribution in [0.1, 0.15) is 26.7 Å². The lowest BCUT2D eigenvalue weighted by atomic mass is 10.3. The van der Waals surface area contributed by atoms with Gasteiger partial charge in [-0.2, -0.15) is 0 Å². The summed E-state index contributed by atoms with van der Waals surface area (Å²) in [6, 6.07) is 0. The van der Waals surface area contributed by atoms with Gasteiger partial charge in [-0.05, 0) is 13.3 Å². The van der Waals surface area contributed by atoms with E-state index in [-0.39, 0.29) is 5.97 Å². The average Bonchev–Trinajstić information content (AvgIpc) is 1.87. The summed E-state index contributed by atoms with van der Waals surface area (Å²) in [6.45, 7) is 4.16. The van der Waals surface area contributed by atoms with Gasteiger partial charge in [-0.15, -0.1) is 0 Å². The minimum atomic E-state index is -0.356. The predicted octanol–water partition coefficient (Wildman–Crippen LogP) is 2.47. The zero-order valence-electron chi connectivity index (χ0n) is 6.89. The summed E-state index contributed by atoms with van der Waals surface area (Å²) in [5.41, 5.74) is 0. The van der Waals surface area contributed by atoms with Crippen molar-refractivity contribution in [3.63, 3.8) is 0 Å². The van der Waals surface area contributed by atoms with Gasteiger partial charge in [-0.1, -0.05) is 24.9 Å². The first-order valence-electron chi connectivity index (χ1n) is 3.73. The Hall–Kier alpha value is -0.500. The van der Waals surface area contributed by atoms with E-state index in [4.69, 9.17) is 11.6 Å². The van der Waals surface area contributed by atoms with Crippen molar-refractivity contribution in [2.75, 3.05) is 6.61 Å². The van der Waals surface area contributed by atoms with E-state index in [9.17, 15) is 4.79 Å². The molecule has 0 amide bonds. The van der Waals surface area contributed by atoms with Gasteiger partial charge in [-0.3, -0.25) is 0 Å². The first-order chi connectivity index (χ1) is 5.20. The van der Waals surface area contributed by atoms with Gasteiger partial charge in [0, 0.05) is 11.1 Å². The number of esters is 1. The molecule has 0 atom stereocenters. The molecule has 0 spiro atoms. The maximum Gasteiger partial charge on any atom is 0.331 e. The fourth-order valence-corrected chi connectivity index (χ4v) is 0.901. The van der Waals surface area contributed by atoms with E-state index in [2.05, 4.69) is 4.74 Å². The monoisotopic (exact) mass is 176 g/mol. The third-order valence-corrected chi connectivity index (χ3v) is 1.35. The molecule has 0 heterocycles. The predicted molar refractivity (Wildman–Crippen MR) is 45.5 cm³/mol. The van der Waals surface area contributed by atoms with Gasteiger partial charge in [0.15, 0.2) is 0 Å². The number of halogens is 1. The Kier molecular flexibility index (Phi) is 5.94. The third-order valence-electron chi connectivity index (χ3n) is 1.05. The van der Waals surface area contributed by atoms with E-state index >= 15 is 0 Å². The van der Waals surface area contributed by atoms with Gasteiger partial charge in [0.25, 0.3) is 0 Å². The second-order valence-electron chi connectivity index (χ2n) is 2.09. The number of carbonyl (C=O) groups excluding carboxylic acids is 1. The summed E-state index contributed by atoms with van der Waals surface area (Å²) < 4.78 is 4.66. The molecule has 0 rings (SSSR count). The lowest BCUT2D eigenvalue weighted by Gasteiger charge is -1.96. The van der Waals surface area contributed by atoms with Crippen LogP contribution in [-0.2, 0) is 9.53 Å². The standard InChI is InChI=1S/C8H13ClO2/c1-3-5-7(9)6-8(10)11-4-2/h6H,3-5H2,1-2H3. The number of rotatable bonds is 4. The molecule has 0 aliphatic carbocycles. The molecule has 0 fully saturated rings. The minimum absolute atomic E-state index is 0.356. The molecular formula is C8H13ClO2. The zero-order valence-corrected chi connectivity index (χ0v) is 7.65. The number of hydrogen-bond acceptors (Lipinski definition) is 2. The van der Waals surface area contributed by atoms with E-state index in [0.29, 0.717) is 11.6 Å². The first kappa shape index (κ1) is 10.5. The fourth-order valence-electron chi connectivity index (χ4n) is 0.623. The van der Waals surface area contributed by atoms with Gasteiger partial charge in [0.05, 0.1) is 6.61 Å². The molecule has 3 heteroatoms. The van der Waals surface area contributed by atoms with Crippen molar-refractivity contribution in [3.05, 3.63) is 11.1 Å². The Morgan fingerprint density at radius 1 is 1.55 bits per heavy atom. The molecule has 0 N–H and O–H groups in total. The van der Waals surface area contributed by atoms with Gasteiger partial charge >= 0.3 is 5.97 Å². The molecule has 64 valence electrons. The minimum Gasteiger partial charge on any atom is -0.463 e. The lowest BCUT2D eigenvalue weighted by Crippen LogP contribution is -1.99. The lowest BCUT2D eigenvalue weighted by molar-refractivity contribution is -0.137. The normalized spacial score (nSPS) is 11.4. The summed E-state index contributed by atoms with van der Waals surface area (Å²) in [7, 11) is 0. The van der Waals surface area contributed by atoms with Crippen molar-refractivity contribution >= 4 is 17.6 Å². The van der Waals surface area contributed by atoms with Gasteiger partial charge in [0.1, 0.15) is 0 Å². The molecule has 0 bridgehead atoms. The van der Waals surface area contributed by atoms with Crippen molar-refractivity contribution in [2.24, 2.45) is 0 Å². The Labute approximate surface area is 72.2 Å². The number of hydrogen-bond donors (Lipinski definition) is 0. The van der Waals surface area contributed by atoms with E-state index < -0.39 is 0 Å². The molecule has 0 aromatic heterocycles. The number of carbonyl (C=O) groups is 1. The largest absolute Gasteiger partial charge is 0.463 e. The second-order valence-corrected chi connectivity index (χ2v) is 2.58. The van der Waals surface area contributed by atoms with Crippen LogP contribution in [0.2, 0.25) is 0 Å². The smallest absolute Gasteiger partial charge is 0.331 e. The fraction of sp³-hybridized carbons (Fsp3) is 0.625. The number of ether oxygens (including phenoxy) is 1. The van der Waals surface area contributed by atoms with Crippen LogP contribution in [0.15, 0.2) is 11.1 Å². The topological polar surface area (TPSA) is 26.3 Å². The van der Waals surface area contributed by atoms with Crippen molar-refractivity contribution in [1.29, 1.82) is 0 Å². The summed E-state index contributed by atoms with van der Waals surface area (Å²) >= 11 is 5.67. The second kappa shape index (κ2) is 6.23. The maximum atomic E-state index is 10.7. The zero-order chi connectivity index (χ0) is 8.69.